The molecule has 0 saturated carbocycles. The third-order valence-corrected chi connectivity index (χ3v) is 23.9. The quantitative estimate of drug-likeness (QED) is 0.00347. The number of nitrogens with two attached hydrogens (primary N) is 2. The van der Waals surface area contributed by atoms with Crippen LogP contribution in [0.2, 0.25) is 0 Å². The predicted molar refractivity (Wildman–Crippen MR) is 420 cm³/mol. The van der Waals surface area contributed by atoms with Crippen molar-refractivity contribution in [2.45, 2.75) is 208 Å². The highest BCUT2D eigenvalue weighted by Gasteiger charge is 2.48. The first kappa shape index (κ1) is 82.9. The van der Waals surface area contributed by atoms with Gasteiger partial charge in [0.05, 0.1) is 27.7 Å². The number of amides is 5. The summed E-state index contributed by atoms with van der Waals surface area (Å²) in [7, 11) is -9.05. The number of guanidine groups is 1. The van der Waals surface area contributed by atoms with E-state index in [2.05, 4.69) is 79.1 Å². The summed E-state index contributed by atoms with van der Waals surface area (Å²) in [4.78, 5) is 119. The maximum Gasteiger partial charge on any atom is 0.306 e. The first-order valence-corrected chi connectivity index (χ1v) is 41.3. The Kier molecular flexibility index (Phi) is 26.9. The van der Waals surface area contributed by atoms with Crippen LogP contribution >= 0.6 is 0 Å². The standard InChI is InChI=1S/C81H104N12O15S2/c1-7-9-42-90-64-36-29-53-26-33-58(110(106,107)108)48-60(53)73(64)81(5,6)70(90)38-31-51(30-37-69-80(3,4)72-59-47-57(109(103,104)105)32-25-52(59)28-35-63(72)89(69)41-8-2)55-27-34-61(87-50-55)68(95)24-12-10-11-18-54(78(101)102)46-56(94)19-13-39-85-74(97)65-21-16-44-92(65)77(100)67-23-17-45-93(67)76(99)62(20-14-40-86-79(83)84)88-75(98)66-22-15-43-91(66)71(96)49-82/h25-38,47-48,50,54,62,65-67H,7-24,39-46,49,82H2,1-6H3,(H8-,83,84,85,86,88,97,98,101,102,103,104,105,106,107,108)/p+1/t54-,62+,65+,66+,67+/m1/s1. The van der Waals surface area contributed by atoms with Crippen LogP contribution in [-0.2, 0) is 64.6 Å². The van der Waals surface area contributed by atoms with Crippen LogP contribution in [0.4, 0.5) is 11.4 Å². The van der Waals surface area contributed by atoms with Gasteiger partial charge >= 0.3 is 5.97 Å². The van der Waals surface area contributed by atoms with Gasteiger partial charge in [-0.3, -0.25) is 57.9 Å². The van der Waals surface area contributed by atoms with Crippen LogP contribution in [0, 0.1) is 11.3 Å². The molecule has 6 heterocycles. The number of carboxylic acids is 1. The van der Waals surface area contributed by atoms with Crippen molar-refractivity contribution < 1.29 is 74.0 Å². The second-order valence-electron chi connectivity index (χ2n) is 30.4. The van der Waals surface area contributed by atoms with Crippen LogP contribution in [0.1, 0.15) is 191 Å². The van der Waals surface area contributed by atoms with Gasteiger partial charge in [-0.05, 0) is 178 Å². The number of pyridine rings is 1. The SMILES string of the molecule is CCCC[N+]1=C(/C=C/C(=C/C=C2/N(CCC)c3ccc4ccc(S(=O)(=O)O)cc4c3C2(C)C)c2ccc(C(=O)CCCCC[C@H](CC(=O)CCCNC(=O)[C@@H]3CCCN3C(=O)[C@@H]3CCCN3C(=O)[C@H](CCCNC(=N)N)NC(=O)[C@@H]3CCCN3C(=O)CN)C(=O)O)nc2)C(C)(C)c2c1ccc1ccc(S(=O)(=O)O)cc21. The number of fused-ring (bicyclic) bond motifs is 6. The number of carbonyl (C=O) groups is 8. The lowest BCUT2D eigenvalue weighted by molar-refractivity contribution is -0.438. The van der Waals surface area contributed by atoms with Crippen LogP contribution in [-0.4, -0.2) is 191 Å². The molecular weight excluding hydrogens is 1450 g/mol. The maximum absolute atomic E-state index is 14.4. The second kappa shape index (κ2) is 35.6. The molecule has 5 aliphatic rings. The van der Waals surface area contributed by atoms with Gasteiger partial charge in [0.1, 0.15) is 42.2 Å². The summed E-state index contributed by atoms with van der Waals surface area (Å²) in [6.07, 6.45) is 17.3. The van der Waals surface area contributed by atoms with Gasteiger partial charge < -0.3 is 52.1 Å². The lowest BCUT2D eigenvalue weighted by Crippen LogP contribution is -2.58. The zero-order valence-electron chi connectivity index (χ0n) is 63.7. The average molecular weight is 1550 g/mol. The van der Waals surface area contributed by atoms with E-state index in [1.807, 2.05) is 42.5 Å². The number of aliphatic carboxylic acids is 1. The number of benzene rings is 4. The van der Waals surface area contributed by atoms with Gasteiger partial charge in [0, 0.05) is 111 Å². The Morgan fingerprint density at radius 1 is 0.700 bits per heavy atom. The summed E-state index contributed by atoms with van der Waals surface area (Å²) in [5.41, 5.74) is 16.8. The summed E-state index contributed by atoms with van der Waals surface area (Å²) < 4.78 is 72.6. The molecule has 5 atom stereocenters. The number of unbranched alkanes of at least 4 members (excludes halogenated alkanes) is 3. The fourth-order valence-electron chi connectivity index (χ4n) is 16.6. The molecule has 11 N–H and O–H groups in total. The lowest BCUT2D eigenvalue weighted by atomic mass is 9.79. The fraction of sp³-hybridized carbons (Fsp3) is 0.494. The minimum atomic E-state index is -4.52. The van der Waals surface area contributed by atoms with Crippen LogP contribution < -0.4 is 32.3 Å². The summed E-state index contributed by atoms with van der Waals surface area (Å²) in [6, 6.07) is 17.2. The lowest BCUT2D eigenvalue weighted by Gasteiger charge is -2.33. The highest BCUT2D eigenvalue weighted by Crippen LogP contribution is 2.52. The van der Waals surface area contributed by atoms with Crippen molar-refractivity contribution in [3.05, 3.63) is 131 Å². The number of nitrogens with zero attached hydrogens (tertiary/aromatic N) is 6. The number of nitrogens with one attached hydrogen (secondary N) is 4. The number of Topliss-reactive ketones (excluding diaryl/α,β-unsaturated/α-hetero) is 2. The van der Waals surface area contributed by atoms with Crippen molar-refractivity contribution in [3.63, 3.8) is 0 Å². The number of aromatic nitrogens is 1. The van der Waals surface area contributed by atoms with E-state index in [0.29, 0.717) is 100 Å². The number of carboxylic acid groups (broad SMARTS) is 1. The van der Waals surface area contributed by atoms with E-state index in [0.717, 1.165) is 69.5 Å². The molecular formula is C81H105N12O15S2+. The smallest absolute Gasteiger partial charge is 0.306 e. The van der Waals surface area contributed by atoms with Gasteiger partial charge in [0.25, 0.3) is 20.2 Å². The van der Waals surface area contributed by atoms with Gasteiger partial charge in [-0.15, -0.1) is 0 Å². The molecule has 5 amide bonds. The van der Waals surface area contributed by atoms with Gasteiger partial charge in [-0.2, -0.15) is 21.4 Å². The molecule has 110 heavy (non-hydrogen) atoms. The Morgan fingerprint density at radius 3 is 1.95 bits per heavy atom. The normalized spacial score (nSPS) is 19.2. The maximum atomic E-state index is 14.4. The first-order valence-electron chi connectivity index (χ1n) is 38.4. The van der Waals surface area contributed by atoms with E-state index < -0.39 is 84.8 Å². The third kappa shape index (κ3) is 18.7. The molecule has 590 valence electrons. The van der Waals surface area contributed by atoms with Crippen molar-refractivity contribution in [3.8, 4) is 0 Å². The van der Waals surface area contributed by atoms with Crippen molar-refractivity contribution in [1.29, 1.82) is 5.41 Å². The largest absolute Gasteiger partial charge is 0.481 e. The Bertz CT molecular complexity index is 4760. The van der Waals surface area contributed by atoms with Crippen molar-refractivity contribution in [2.75, 3.05) is 57.3 Å². The number of ketones is 2. The number of likely N-dealkylation sites (tertiary alicyclic amines) is 3. The minimum absolute atomic E-state index is 0.00591. The number of anilines is 1. The van der Waals surface area contributed by atoms with Crippen LogP contribution in [0.25, 0.3) is 27.1 Å². The van der Waals surface area contributed by atoms with Crippen molar-refractivity contribution in [1.82, 2.24) is 35.6 Å². The van der Waals surface area contributed by atoms with E-state index in [4.69, 9.17) is 21.9 Å². The highest BCUT2D eigenvalue weighted by atomic mass is 32.2. The molecule has 0 spiro atoms. The zero-order chi connectivity index (χ0) is 79.6. The van der Waals surface area contributed by atoms with Gasteiger partial charge in [-0.1, -0.05) is 77.3 Å². The summed E-state index contributed by atoms with van der Waals surface area (Å²) in [5, 5.41) is 29.1. The molecule has 29 heteroatoms. The van der Waals surface area contributed by atoms with Gasteiger partial charge in [0.15, 0.2) is 17.5 Å². The number of rotatable bonds is 35. The number of hydrogen-bond donors (Lipinski definition) is 9. The highest BCUT2D eigenvalue weighted by molar-refractivity contribution is 7.86. The molecule has 5 aromatic rings. The Hall–Kier alpha value is -9.55. The van der Waals surface area contributed by atoms with Crippen LogP contribution in [0.3, 0.4) is 0 Å². The number of allylic oxidation sites excluding steroid dienone is 6. The molecule has 3 saturated heterocycles. The summed E-state index contributed by atoms with van der Waals surface area (Å²) >= 11 is 0. The van der Waals surface area contributed by atoms with Crippen molar-refractivity contribution >= 4 is 117 Å². The molecule has 5 aliphatic heterocycles. The van der Waals surface area contributed by atoms with Gasteiger partial charge in [0.2, 0.25) is 35.2 Å². The molecule has 10 rings (SSSR count). The number of hydrogen-bond acceptors (Lipinski definition) is 16. The molecule has 0 aliphatic carbocycles. The molecule has 0 bridgehead atoms. The van der Waals surface area contributed by atoms with E-state index in [-0.39, 0.29) is 116 Å². The zero-order valence-corrected chi connectivity index (χ0v) is 65.3. The Balaban J connectivity index is 0.763. The molecule has 1 aromatic heterocycles. The average Bonchev–Trinajstić information content (AvgIpc) is 1.57. The molecule has 4 aromatic carbocycles. The predicted octanol–water partition coefficient (Wildman–Crippen LogP) is 9.16. The fourth-order valence-corrected chi connectivity index (χ4v) is 17.6. The second-order valence-corrected chi connectivity index (χ2v) is 33.3. The Labute approximate surface area is 643 Å². The monoisotopic (exact) mass is 1550 g/mol. The first-order chi connectivity index (χ1) is 52.3. The van der Waals surface area contributed by atoms with Crippen LogP contribution in [0.5, 0.6) is 0 Å². The van der Waals surface area contributed by atoms with Gasteiger partial charge in [-0.25, -0.2) is 0 Å². The molecule has 0 radical (unpaired) electrons. The van der Waals surface area contributed by atoms with E-state index >= 15 is 0 Å². The van der Waals surface area contributed by atoms with Crippen molar-refractivity contribution in [2.24, 2.45) is 17.4 Å². The van der Waals surface area contributed by atoms with Crippen LogP contribution in [0.15, 0.2) is 119 Å². The molecule has 3 fully saturated rings. The summed E-state index contributed by atoms with van der Waals surface area (Å²) in [6.45, 7) is 14.8. The molecule has 27 nitrogen and oxygen atoms in total. The topological polar surface area (TPSA) is 406 Å². The molecule has 0 unspecified atom stereocenters. The van der Waals surface area contributed by atoms with E-state index in [1.54, 1.807) is 24.4 Å². The Morgan fingerprint density at radius 2 is 1.33 bits per heavy atom. The summed E-state index contributed by atoms with van der Waals surface area (Å²) in [5.74, 6) is -4.99. The minimum Gasteiger partial charge on any atom is -0.481 e. The number of carbonyl (C=O) groups excluding carboxylic acids is 7. The third-order valence-electron chi connectivity index (χ3n) is 22.2. The van der Waals surface area contributed by atoms with E-state index in [1.165, 1.54) is 39.0 Å². The van der Waals surface area contributed by atoms with E-state index in [9.17, 15) is 69.4 Å².